The number of nitrogens with one attached hydrogen (secondary N) is 4. The van der Waals surface area contributed by atoms with E-state index in [2.05, 4.69) is 41.7 Å². The number of alkyl halides is 3. The fourth-order valence-corrected chi connectivity index (χ4v) is 7.54. The van der Waals surface area contributed by atoms with Gasteiger partial charge in [-0.2, -0.15) is 20.5 Å². The number of azo groups is 2. The zero-order valence-corrected chi connectivity index (χ0v) is 41.4. The second-order valence-corrected chi connectivity index (χ2v) is 16.8. The fraction of sp³-hybridized carbons (Fsp3) is 0.250. The lowest BCUT2D eigenvalue weighted by molar-refractivity contribution is -0.127. The molecule has 0 radical (unpaired) electrons. The SMILES string of the molecule is CCOc1ccc(NC(=O)c2cccc(N=NC(C(C)=O)C(=O)Nc3ccc(NC(=O)C(N=Nc4cccc(C(=O)Nc5ccc(OCC)cc5CCl)c4Cl)C(C)=O)c(C(C)Cl)c3)c2Cl)c(CCl)c1. The van der Waals surface area contributed by atoms with E-state index in [0.717, 1.165) is 13.8 Å². The number of carbonyl (C=O) groups is 6. The Hall–Kier alpha value is -6.43. The summed E-state index contributed by atoms with van der Waals surface area (Å²) in [5.41, 5.74) is 2.87. The van der Waals surface area contributed by atoms with Crippen LogP contribution in [0.3, 0.4) is 0 Å². The Morgan fingerprint density at radius 2 is 1.01 bits per heavy atom. The number of anilines is 4. The second kappa shape index (κ2) is 25.3. The second-order valence-electron chi connectivity index (χ2n) is 14.8. The van der Waals surface area contributed by atoms with E-state index in [1.165, 1.54) is 54.6 Å². The van der Waals surface area contributed by atoms with Gasteiger partial charge < -0.3 is 30.7 Å². The van der Waals surface area contributed by atoms with Gasteiger partial charge in [-0.3, -0.25) is 28.8 Å². The molecule has 360 valence electrons. The van der Waals surface area contributed by atoms with Crippen molar-refractivity contribution in [1.82, 2.24) is 0 Å². The van der Waals surface area contributed by atoms with E-state index < -0.39 is 52.7 Å². The first-order chi connectivity index (χ1) is 33.0. The van der Waals surface area contributed by atoms with Crippen LogP contribution in [-0.2, 0) is 30.9 Å². The molecule has 0 saturated heterocycles. The Labute approximate surface area is 422 Å². The van der Waals surface area contributed by atoms with Gasteiger partial charge in [0.1, 0.15) is 22.9 Å². The van der Waals surface area contributed by atoms with Gasteiger partial charge in [-0.25, -0.2) is 0 Å². The first kappa shape index (κ1) is 53.5. The number of ether oxygens (including phenoxy) is 2. The van der Waals surface area contributed by atoms with Crippen molar-refractivity contribution >= 4 is 127 Å². The van der Waals surface area contributed by atoms with Crippen molar-refractivity contribution in [2.45, 2.75) is 63.8 Å². The van der Waals surface area contributed by atoms with Crippen LogP contribution in [0.25, 0.3) is 0 Å². The van der Waals surface area contributed by atoms with Crippen LogP contribution >= 0.6 is 58.0 Å². The van der Waals surface area contributed by atoms with Crippen LogP contribution in [0.1, 0.15) is 77.4 Å². The highest BCUT2D eigenvalue weighted by molar-refractivity contribution is 6.37. The molecule has 0 aliphatic carbocycles. The van der Waals surface area contributed by atoms with E-state index in [1.807, 2.05) is 13.8 Å². The maximum Gasteiger partial charge on any atom is 0.258 e. The molecule has 5 aromatic carbocycles. The van der Waals surface area contributed by atoms with Crippen LogP contribution in [0.15, 0.2) is 111 Å². The largest absolute Gasteiger partial charge is 0.494 e. The van der Waals surface area contributed by atoms with Crippen molar-refractivity contribution in [2.24, 2.45) is 20.5 Å². The summed E-state index contributed by atoms with van der Waals surface area (Å²) in [6.45, 7) is 8.50. The highest BCUT2D eigenvalue weighted by Gasteiger charge is 2.27. The summed E-state index contributed by atoms with van der Waals surface area (Å²) >= 11 is 31.9. The van der Waals surface area contributed by atoms with E-state index in [1.54, 1.807) is 43.3 Å². The third-order valence-electron chi connectivity index (χ3n) is 9.84. The number of rotatable bonds is 21. The topological polar surface area (TPSA) is 218 Å². The molecule has 0 spiro atoms. The van der Waals surface area contributed by atoms with Gasteiger partial charge >= 0.3 is 0 Å². The van der Waals surface area contributed by atoms with Gasteiger partial charge in [0.2, 0.25) is 12.1 Å². The summed E-state index contributed by atoms with van der Waals surface area (Å²) in [5.74, 6) is -2.84. The van der Waals surface area contributed by atoms with Crippen LogP contribution in [0.2, 0.25) is 10.0 Å². The number of amides is 4. The quantitative estimate of drug-likeness (QED) is 0.0314. The molecular formula is C48H45Cl5N8O8. The molecule has 0 fully saturated rings. The van der Waals surface area contributed by atoms with Crippen molar-refractivity contribution in [1.29, 1.82) is 0 Å². The van der Waals surface area contributed by atoms with Crippen molar-refractivity contribution in [2.75, 3.05) is 34.5 Å². The van der Waals surface area contributed by atoms with E-state index in [-0.39, 0.29) is 55.7 Å². The minimum Gasteiger partial charge on any atom is -0.494 e. The molecule has 0 aliphatic rings. The van der Waals surface area contributed by atoms with Crippen LogP contribution in [0.5, 0.6) is 11.5 Å². The summed E-state index contributed by atoms with van der Waals surface area (Å²) in [5, 5.41) is 26.0. The molecule has 0 bridgehead atoms. The van der Waals surface area contributed by atoms with Crippen LogP contribution in [0.4, 0.5) is 34.1 Å². The summed E-state index contributed by atoms with van der Waals surface area (Å²) in [6, 6.07) is 20.0. The Balaban J connectivity index is 1.28. The van der Waals surface area contributed by atoms with Gasteiger partial charge in [0.15, 0.2) is 11.6 Å². The predicted octanol–water partition coefficient (Wildman–Crippen LogP) is 12.4. The predicted molar refractivity (Wildman–Crippen MR) is 269 cm³/mol. The Morgan fingerprint density at radius 1 is 0.580 bits per heavy atom. The van der Waals surface area contributed by atoms with Gasteiger partial charge in [-0.15, -0.1) is 34.8 Å². The molecule has 5 rings (SSSR count). The molecule has 0 aliphatic heterocycles. The number of Topliss-reactive ketones (excluding diaryl/α,β-unsaturated/α-hetero) is 2. The van der Waals surface area contributed by atoms with Gasteiger partial charge in [0.05, 0.1) is 39.8 Å². The number of hydrogen-bond acceptors (Lipinski definition) is 12. The molecule has 69 heavy (non-hydrogen) atoms. The van der Waals surface area contributed by atoms with E-state index in [4.69, 9.17) is 67.5 Å². The first-order valence-corrected chi connectivity index (χ1v) is 23.3. The molecule has 5 aromatic rings. The lowest BCUT2D eigenvalue weighted by Crippen LogP contribution is -2.32. The number of ketones is 2. The minimum absolute atomic E-state index is 0.00720. The fourth-order valence-electron chi connectivity index (χ4n) is 6.41. The van der Waals surface area contributed by atoms with Gasteiger partial charge in [-0.05, 0) is 130 Å². The van der Waals surface area contributed by atoms with Crippen LogP contribution < -0.4 is 30.7 Å². The molecular weight excluding hydrogens is 994 g/mol. The number of carbonyl (C=O) groups excluding carboxylic acids is 6. The summed E-state index contributed by atoms with van der Waals surface area (Å²) < 4.78 is 11.0. The lowest BCUT2D eigenvalue weighted by Gasteiger charge is -2.17. The lowest BCUT2D eigenvalue weighted by atomic mass is 10.1. The van der Waals surface area contributed by atoms with Crippen LogP contribution in [-0.4, -0.2) is 60.5 Å². The van der Waals surface area contributed by atoms with E-state index in [0.29, 0.717) is 52.8 Å². The molecule has 0 heterocycles. The number of benzene rings is 5. The molecule has 3 atom stereocenters. The molecule has 0 aromatic heterocycles. The standard InChI is InChI=1S/C48H45Cl5N8O8/c1-6-68-31-15-18-36(28(20-31)23-49)55-45(64)33-10-8-12-39(41(33)52)58-60-43(26(4)62)47(66)54-30-14-17-38(35(22-30)25(3)51)57-48(67)44(27(5)63)61-59-40-13-9-11-34(42(40)53)46(65)56-37-19-16-32(69-7-2)21-29(37)24-50/h8-22,25,43-44H,6-7,23-24H2,1-5H3,(H,54,66)(H,55,64)(H,56,65)(H,57,67). The molecule has 3 unspecified atom stereocenters. The summed E-state index contributed by atoms with van der Waals surface area (Å²) in [7, 11) is 0. The third-order valence-corrected chi connectivity index (χ3v) is 11.4. The Morgan fingerprint density at radius 3 is 1.42 bits per heavy atom. The highest BCUT2D eigenvalue weighted by atomic mass is 35.5. The average Bonchev–Trinajstić information content (AvgIpc) is 3.31. The maximum atomic E-state index is 13.6. The molecule has 0 saturated carbocycles. The number of nitrogens with zero attached hydrogens (tertiary/aromatic N) is 4. The first-order valence-electron chi connectivity index (χ1n) is 21.0. The van der Waals surface area contributed by atoms with Gasteiger partial charge in [-0.1, -0.05) is 35.3 Å². The van der Waals surface area contributed by atoms with Crippen molar-refractivity contribution in [3.05, 3.63) is 129 Å². The molecule has 21 heteroatoms. The van der Waals surface area contributed by atoms with Gasteiger partial charge in [0, 0.05) is 34.5 Å². The van der Waals surface area contributed by atoms with Crippen molar-refractivity contribution in [3.63, 3.8) is 0 Å². The minimum atomic E-state index is -1.65. The molecule has 16 nitrogen and oxygen atoms in total. The summed E-state index contributed by atoms with van der Waals surface area (Å²) in [4.78, 5) is 79.1. The normalized spacial score (nSPS) is 12.5. The van der Waals surface area contributed by atoms with Crippen molar-refractivity contribution in [3.8, 4) is 11.5 Å². The van der Waals surface area contributed by atoms with Crippen LogP contribution in [0, 0.1) is 0 Å². The van der Waals surface area contributed by atoms with Crippen molar-refractivity contribution < 1.29 is 38.2 Å². The Bertz CT molecular complexity index is 2820. The number of hydrogen-bond donors (Lipinski definition) is 4. The maximum absolute atomic E-state index is 13.6. The smallest absolute Gasteiger partial charge is 0.258 e. The summed E-state index contributed by atoms with van der Waals surface area (Å²) in [6.07, 6.45) is 0. The third kappa shape index (κ3) is 14.1. The van der Waals surface area contributed by atoms with Gasteiger partial charge in [0.25, 0.3) is 23.6 Å². The zero-order chi connectivity index (χ0) is 50.4. The Kier molecular flexibility index (Phi) is 19.6. The van der Waals surface area contributed by atoms with E-state index in [9.17, 15) is 28.8 Å². The monoisotopic (exact) mass is 1040 g/mol. The average molecular weight is 1040 g/mol. The highest BCUT2D eigenvalue weighted by Crippen LogP contribution is 2.34. The molecule has 4 amide bonds. The number of halogens is 5. The van der Waals surface area contributed by atoms with E-state index >= 15 is 0 Å². The zero-order valence-electron chi connectivity index (χ0n) is 37.7. The molecule has 4 N–H and O–H groups in total.